The Morgan fingerprint density at radius 3 is 2.54 bits per heavy atom. The molecule has 1 aromatic rings. The molecular formula is C9H9BrO3. The summed E-state index contributed by atoms with van der Waals surface area (Å²) in [6.45, 7) is 0. The van der Waals surface area contributed by atoms with E-state index in [9.17, 15) is 4.79 Å². The fourth-order valence-electron chi connectivity index (χ4n) is 0.927. The van der Waals surface area contributed by atoms with Gasteiger partial charge in [0.05, 0.1) is 0 Å². The van der Waals surface area contributed by atoms with Crippen LogP contribution in [0.15, 0.2) is 18.2 Å². The molecule has 13 heavy (non-hydrogen) atoms. The van der Waals surface area contributed by atoms with Gasteiger partial charge in [-0.3, -0.25) is 4.79 Å². The van der Waals surface area contributed by atoms with Gasteiger partial charge in [0.15, 0.2) is 17.3 Å². The summed E-state index contributed by atoms with van der Waals surface area (Å²) in [4.78, 5) is 11.3. The van der Waals surface area contributed by atoms with Crippen molar-refractivity contribution in [1.82, 2.24) is 0 Å². The predicted molar refractivity (Wildman–Crippen MR) is 52.5 cm³/mol. The molecule has 1 rings (SSSR count). The molecule has 0 spiro atoms. The summed E-state index contributed by atoms with van der Waals surface area (Å²) < 4.78 is 0. The van der Waals surface area contributed by atoms with Crippen molar-refractivity contribution < 1.29 is 15.0 Å². The minimum atomic E-state index is -0.263. The lowest BCUT2D eigenvalue weighted by molar-refractivity contribution is 0.0989. The monoisotopic (exact) mass is 244 g/mol. The molecule has 0 amide bonds. The Kier molecular flexibility index (Phi) is 3.31. The number of halogens is 1. The molecule has 0 radical (unpaired) electrons. The molecule has 70 valence electrons. The summed E-state index contributed by atoms with van der Waals surface area (Å²) in [5, 5.41) is 18.7. The summed E-state index contributed by atoms with van der Waals surface area (Å²) in [5.41, 5.74) is 0.412. The number of carbonyl (C=O) groups excluding carboxylic acids is 1. The molecule has 0 unspecified atom stereocenters. The Bertz CT molecular complexity index is 323. The zero-order valence-corrected chi connectivity index (χ0v) is 8.41. The smallest absolute Gasteiger partial charge is 0.163 e. The van der Waals surface area contributed by atoms with E-state index in [-0.39, 0.29) is 17.3 Å². The number of phenols is 2. The Morgan fingerprint density at radius 2 is 2.00 bits per heavy atom. The first-order valence-corrected chi connectivity index (χ1v) is 4.88. The van der Waals surface area contributed by atoms with E-state index in [2.05, 4.69) is 15.9 Å². The number of rotatable bonds is 3. The lowest BCUT2D eigenvalue weighted by Gasteiger charge is -2.00. The van der Waals surface area contributed by atoms with E-state index in [1.807, 2.05) is 0 Å². The second-order valence-corrected chi connectivity index (χ2v) is 3.36. The summed E-state index contributed by atoms with van der Waals surface area (Å²) in [5.74, 6) is -0.539. The maximum atomic E-state index is 11.3. The van der Waals surface area contributed by atoms with E-state index in [0.29, 0.717) is 17.3 Å². The van der Waals surface area contributed by atoms with Gasteiger partial charge in [0.2, 0.25) is 0 Å². The number of Topliss-reactive ketones (excluding diaryl/α,β-unsaturated/α-hetero) is 1. The zero-order chi connectivity index (χ0) is 9.84. The molecule has 4 heteroatoms. The number of carbonyl (C=O) groups is 1. The summed E-state index contributed by atoms with van der Waals surface area (Å²) in [6, 6.07) is 4.05. The number of hydrogen-bond donors (Lipinski definition) is 2. The van der Waals surface area contributed by atoms with Gasteiger partial charge < -0.3 is 10.2 Å². The fourth-order valence-corrected chi connectivity index (χ4v) is 1.29. The van der Waals surface area contributed by atoms with Crippen molar-refractivity contribution >= 4 is 21.7 Å². The molecule has 0 bridgehead atoms. The average Bonchev–Trinajstić information content (AvgIpc) is 2.10. The molecule has 0 atom stereocenters. The molecule has 0 fully saturated rings. The van der Waals surface area contributed by atoms with Crippen molar-refractivity contribution in [3.8, 4) is 11.5 Å². The lowest BCUT2D eigenvalue weighted by Crippen LogP contribution is -1.98. The van der Waals surface area contributed by atoms with Crippen molar-refractivity contribution in [3.63, 3.8) is 0 Å². The number of benzene rings is 1. The molecule has 0 saturated carbocycles. The summed E-state index contributed by atoms with van der Waals surface area (Å²) >= 11 is 3.15. The van der Waals surface area contributed by atoms with Gasteiger partial charge in [0.25, 0.3) is 0 Å². The van der Waals surface area contributed by atoms with Crippen LogP contribution in [0, 0.1) is 0 Å². The molecule has 0 aliphatic rings. The first-order valence-electron chi connectivity index (χ1n) is 3.76. The van der Waals surface area contributed by atoms with E-state index < -0.39 is 0 Å². The normalized spacial score (nSPS) is 9.92. The molecule has 3 nitrogen and oxygen atoms in total. The van der Waals surface area contributed by atoms with Gasteiger partial charge in [0.1, 0.15) is 0 Å². The highest BCUT2D eigenvalue weighted by molar-refractivity contribution is 9.09. The van der Waals surface area contributed by atoms with Crippen LogP contribution in [0.2, 0.25) is 0 Å². The number of ketones is 1. The lowest BCUT2D eigenvalue weighted by atomic mass is 10.1. The molecule has 0 heterocycles. The van der Waals surface area contributed by atoms with Crippen molar-refractivity contribution in [3.05, 3.63) is 23.8 Å². The summed E-state index contributed by atoms with van der Waals surface area (Å²) in [6.07, 6.45) is 0.379. The Morgan fingerprint density at radius 1 is 1.31 bits per heavy atom. The maximum Gasteiger partial charge on any atom is 0.163 e. The van der Waals surface area contributed by atoms with Crippen LogP contribution < -0.4 is 0 Å². The number of phenolic OH excluding ortho intramolecular Hbond substituents is 2. The third kappa shape index (κ3) is 2.45. The van der Waals surface area contributed by atoms with Crippen molar-refractivity contribution in [2.45, 2.75) is 6.42 Å². The molecular weight excluding hydrogens is 236 g/mol. The second-order valence-electron chi connectivity index (χ2n) is 2.57. The van der Waals surface area contributed by atoms with Crippen LogP contribution in [0.4, 0.5) is 0 Å². The first-order chi connectivity index (χ1) is 6.15. The Balaban J connectivity index is 2.90. The van der Waals surface area contributed by atoms with Gasteiger partial charge >= 0.3 is 0 Å². The standard InChI is InChI=1S/C9H9BrO3/c10-4-3-7(11)6-1-2-8(12)9(13)5-6/h1-2,5,12-13H,3-4H2. The quantitative estimate of drug-likeness (QED) is 0.487. The summed E-state index contributed by atoms with van der Waals surface area (Å²) in [7, 11) is 0. The van der Waals surface area contributed by atoms with Crippen molar-refractivity contribution in [2.75, 3.05) is 5.33 Å². The van der Waals surface area contributed by atoms with Gasteiger partial charge in [-0.15, -0.1) is 0 Å². The molecule has 0 aromatic heterocycles. The predicted octanol–water partition coefficient (Wildman–Crippen LogP) is 2.07. The van der Waals surface area contributed by atoms with Crippen LogP contribution in [-0.4, -0.2) is 21.3 Å². The third-order valence-electron chi connectivity index (χ3n) is 1.62. The highest BCUT2D eigenvalue weighted by Gasteiger charge is 2.07. The zero-order valence-electron chi connectivity index (χ0n) is 6.83. The molecule has 0 aliphatic heterocycles. The highest BCUT2D eigenvalue weighted by Crippen LogP contribution is 2.25. The van der Waals surface area contributed by atoms with E-state index in [0.717, 1.165) is 0 Å². The fraction of sp³-hybridized carbons (Fsp3) is 0.222. The molecule has 2 N–H and O–H groups in total. The van der Waals surface area contributed by atoms with Gasteiger partial charge in [-0.1, -0.05) is 15.9 Å². The highest BCUT2D eigenvalue weighted by atomic mass is 79.9. The maximum absolute atomic E-state index is 11.3. The molecule has 0 aliphatic carbocycles. The van der Waals surface area contributed by atoms with Gasteiger partial charge in [-0.05, 0) is 18.2 Å². The largest absolute Gasteiger partial charge is 0.504 e. The van der Waals surface area contributed by atoms with Crippen molar-refractivity contribution in [2.24, 2.45) is 0 Å². The SMILES string of the molecule is O=C(CCBr)c1ccc(O)c(O)c1. The van der Waals surface area contributed by atoms with E-state index >= 15 is 0 Å². The number of hydrogen-bond acceptors (Lipinski definition) is 3. The van der Waals surface area contributed by atoms with Crippen LogP contribution in [0.3, 0.4) is 0 Å². The Labute approximate surface area is 84.1 Å². The van der Waals surface area contributed by atoms with Crippen LogP contribution in [-0.2, 0) is 0 Å². The van der Waals surface area contributed by atoms with E-state index in [1.54, 1.807) is 0 Å². The number of alkyl halides is 1. The minimum absolute atomic E-state index is 0.0628. The second kappa shape index (κ2) is 4.28. The van der Waals surface area contributed by atoms with E-state index in [4.69, 9.17) is 10.2 Å². The Hall–Kier alpha value is -1.03. The van der Waals surface area contributed by atoms with Gasteiger partial charge in [-0.25, -0.2) is 0 Å². The topological polar surface area (TPSA) is 57.5 Å². The first kappa shape index (κ1) is 10.1. The van der Waals surface area contributed by atoms with Crippen molar-refractivity contribution in [1.29, 1.82) is 0 Å². The third-order valence-corrected chi connectivity index (χ3v) is 2.02. The van der Waals surface area contributed by atoms with Gasteiger partial charge in [-0.2, -0.15) is 0 Å². The average molecular weight is 245 g/mol. The number of aromatic hydroxyl groups is 2. The van der Waals surface area contributed by atoms with Crippen LogP contribution in [0.1, 0.15) is 16.8 Å². The van der Waals surface area contributed by atoms with Gasteiger partial charge in [0, 0.05) is 17.3 Å². The van der Waals surface area contributed by atoms with E-state index in [1.165, 1.54) is 18.2 Å². The molecule has 0 saturated heterocycles. The molecule has 1 aromatic carbocycles. The van der Waals surface area contributed by atoms with Crippen LogP contribution in [0.5, 0.6) is 11.5 Å². The van der Waals surface area contributed by atoms with Crippen LogP contribution in [0.25, 0.3) is 0 Å². The van der Waals surface area contributed by atoms with Crippen LogP contribution >= 0.6 is 15.9 Å². The minimum Gasteiger partial charge on any atom is -0.504 e.